The second-order valence-electron chi connectivity index (χ2n) is 7.17. The molecule has 30 heavy (non-hydrogen) atoms. The van der Waals surface area contributed by atoms with Crippen LogP contribution in [0.25, 0.3) is 0 Å². The predicted octanol–water partition coefficient (Wildman–Crippen LogP) is 4.56. The van der Waals surface area contributed by atoms with Crippen LogP contribution in [0.4, 0.5) is 10.1 Å². The van der Waals surface area contributed by atoms with Gasteiger partial charge in [0.25, 0.3) is 5.91 Å². The highest BCUT2D eigenvalue weighted by Crippen LogP contribution is 2.28. The van der Waals surface area contributed by atoms with Crippen LogP contribution in [0.5, 0.6) is 0 Å². The molecule has 1 heterocycles. The molecule has 3 aromatic carbocycles. The lowest BCUT2D eigenvalue weighted by molar-refractivity contribution is 0.0951. The Morgan fingerprint density at radius 2 is 1.73 bits per heavy atom. The van der Waals surface area contributed by atoms with Crippen molar-refractivity contribution in [3.8, 4) is 0 Å². The minimum atomic E-state index is -0.303. The van der Waals surface area contributed by atoms with Gasteiger partial charge in [0.1, 0.15) is 5.82 Å². The van der Waals surface area contributed by atoms with Gasteiger partial charge in [-0.15, -0.1) is 0 Å². The number of anilines is 1. The van der Waals surface area contributed by atoms with Gasteiger partial charge in [0.2, 0.25) is 0 Å². The van der Waals surface area contributed by atoms with E-state index >= 15 is 0 Å². The number of benzene rings is 3. The molecule has 4 rings (SSSR count). The second-order valence-corrected chi connectivity index (χ2v) is 7.60. The Kier molecular flexibility index (Phi) is 5.81. The van der Waals surface area contributed by atoms with Crippen molar-refractivity contribution in [1.82, 2.24) is 5.32 Å². The summed E-state index contributed by atoms with van der Waals surface area (Å²) in [6.45, 7) is 0.829. The van der Waals surface area contributed by atoms with E-state index in [1.807, 2.05) is 37.4 Å². The minimum absolute atomic E-state index is 0.0772. The van der Waals surface area contributed by atoms with E-state index in [4.69, 9.17) is 16.6 Å². The van der Waals surface area contributed by atoms with E-state index in [0.29, 0.717) is 35.0 Å². The smallest absolute Gasteiger partial charge is 0.251 e. The Balaban J connectivity index is 1.60. The van der Waals surface area contributed by atoms with E-state index in [-0.39, 0.29) is 17.8 Å². The molecule has 1 aliphatic heterocycles. The maximum atomic E-state index is 14.5. The molecule has 0 aliphatic carbocycles. The van der Waals surface area contributed by atoms with Gasteiger partial charge >= 0.3 is 0 Å². The average molecular weight is 422 g/mol. The third-order valence-electron chi connectivity index (χ3n) is 5.28. The fourth-order valence-electron chi connectivity index (χ4n) is 3.58. The molecule has 0 bridgehead atoms. The first kappa shape index (κ1) is 20.1. The summed E-state index contributed by atoms with van der Waals surface area (Å²) < 4.78 is 14.5. The second kappa shape index (κ2) is 8.67. The first-order chi connectivity index (χ1) is 14.5. The van der Waals surface area contributed by atoms with E-state index in [2.05, 4.69) is 10.2 Å². The van der Waals surface area contributed by atoms with Crippen molar-refractivity contribution in [3.63, 3.8) is 0 Å². The normalized spacial score (nSPS) is 15.8. The zero-order valence-electron chi connectivity index (χ0n) is 16.5. The molecule has 1 atom stereocenters. The zero-order chi connectivity index (χ0) is 21.1. The largest absolute Gasteiger partial charge is 0.367 e. The molecule has 0 fully saturated rings. The lowest BCUT2D eigenvalue weighted by Gasteiger charge is -2.28. The molecule has 1 N–H and O–H groups in total. The standard InChI is InChI=1S/C24H21ClFN3O/c1-29-18(15-28-24(30)16-10-12-17(25)13-11-16)14-27-23(19-6-2-4-8-21(19)26)20-7-3-5-9-22(20)29/h2-13,18H,14-15H2,1H3,(H,28,30). The lowest BCUT2D eigenvalue weighted by atomic mass is 10.00. The van der Waals surface area contributed by atoms with Crippen LogP contribution in [0.15, 0.2) is 77.8 Å². The van der Waals surface area contributed by atoms with Crippen molar-refractivity contribution < 1.29 is 9.18 Å². The number of nitrogens with zero attached hydrogens (tertiary/aromatic N) is 2. The number of fused-ring (bicyclic) bond motifs is 1. The average Bonchev–Trinajstić information content (AvgIpc) is 2.90. The molecule has 1 aliphatic rings. The predicted molar refractivity (Wildman–Crippen MR) is 119 cm³/mol. The number of carbonyl (C=O) groups is 1. The highest BCUT2D eigenvalue weighted by molar-refractivity contribution is 6.30. The van der Waals surface area contributed by atoms with Gasteiger partial charge in [0, 0.05) is 41.0 Å². The fourth-order valence-corrected chi connectivity index (χ4v) is 3.71. The van der Waals surface area contributed by atoms with E-state index in [1.165, 1.54) is 6.07 Å². The molecule has 0 spiro atoms. The van der Waals surface area contributed by atoms with E-state index < -0.39 is 0 Å². The number of carbonyl (C=O) groups excluding carboxylic acids is 1. The first-order valence-corrected chi connectivity index (χ1v) is 10.1. The van der Waals surface area contributed by atoms with Crippen LogP contribution in [0, 0.1) is 5.82 Å². The number of nitrogens with one attached hydrogen (secondary N) is 1. The SMILES string of the molecule is CN1c2ccccc2C(c2ccccc2F)=NCC1CNC(=O)c1ccc(Cl)cc1. The zero-order valence-corrected chi connectivity index (χ0v) is 17.2. The highest BCUT2D eigenvalue weighted by Gasteiger charge is 2.25. The summed E-state index contributed by atoms with van der Waals surface area (Å²) in [5.74, 6) is -0.473. The number of aliphatic imine (C=N–C) groups is 1. The summed E-state index contributed by atoms with van der Waals surface area (Å²) in [6.07, 6.45) is 0. The van der Waals surface area contributed by atoms with Crippen LogP contribution in [0.3, 0.4) is 0 Å². The molecular weight excluding hydrogens is 401 g/mol. The number of halogens is 2. The molecule has 0 saturated carbocycles. The van der Waals surface area contributed by atoms with Crippen LogP contribution in [0.1, 0.15) is 21.5 Å². The van der Waals surface area contributed by atoms with Gasteiger partial charge in [0.05, 0.1) is 18.3 Å². The van der Waals surface area contributed by atoms with Crippen LogP contribution in [0.2, 0.25) is 5.02 Å². The monoisotopic (exact) mass is 421 g/mol. The van der Waals surface area contributed by atoms with Crippen molar-refractivity contribution in [2.24, 2.45) is 4.99 Å². The Morgan fingerprint density at radius 1 is 1.07 bits per heavy atom. The Labute approximate surface area is 180 Å². The highest BCUT2D eigenvalue weighted by atomic mass is 35.5. The number of para-hydroxylation sites is 1. The van der Waals surface area contributed by atoms with Crippen molar-refractivity contribution in [3.05, 3.63) is 100 Å². The van der Waals surface area contributed by atoms with Crippen LogP contribution < -0.4 is 10.2 Å². The number of hydrogen-bond acceptors (Lipinski definition) is 3. The fraction of sp³-hybridized carbons (Fsp3) is 0.167. The molecule has 6 heteroatoms. The summed E-state index contributed by atoms with van der Waals surface area (Å²) in [4.78, 5) is 19.4. The van der Waals surface area contributed by atoms with Gasteiger partial charge < -0.3 is 10.2 Å². The van der Waals surface area contributed by atoms with Crippen molar-refractivity contribution in [2.75, 3.05) is 25.0 Å². The molecular formula is C24H21ClFN3O. The summed E-state index contributed by atoms with van der Waals surface area (Å²) in [6, 6.07) is 21.2. The summed E-state index contributed by atoms with van der Waals surface area (Å²) in [5, 5.41) is 3.56. The maximum absolute atomic E-state index is 14.5. The van der Waals surface area contributed by atoms with Crippen molar-refractivity contribution in [2.45, 2.75) is 6.04 Å². The van der Waals surface area contributed by atoms with Gasteiger partial charge in [-0.05, 0) is 42.5 Å². The summed E-state index contributed by atoms with van der Waals surface area (Å²) in [5.41, 5.74) is 3.47. The number of benzodiazepines with no additional fused rings is 1. The van der Waals surface area contributed by atoms with Gasteiger partial charge in [-0.2, -0.15) is 0 Å². The third kappa shape index (κ3) is 4.07. The summed E-state index contributed by atoms with van der Waals surface area (Å²) >= 11 is 5.90. The number of amides is 1. The van der Waals surface area contributed by atoms with Crippen LogP contribution in [-0.4, -0.2) is 37.8 Å². The molecule has 1 unspecified atom stereocenters. The molecule has 152 valence electrons. The molecule has 1 amide bonds. The van der Waals surface area contributed by atoms with Crippen molar-refractivity contribution in [1.29, 1.82) is 0 Å². The van der Waals surface area contributed by atoms with Gasteiger partial charge in [0.15, 0.2) is 0 Å². The maximum Gasteiger partial charge on any atom is 0.251 e. The van der Waals surface area contributed by atoms with Gasteiger partial charge in [-0.1, -0.05) is 41.9 Å². The Bertz CT molecular complexity index is 1100. The quantitative estimate of drug-likeness (QED) is 0.671. The van der Waals surface area contributed by atoms with E-state index in [0.717, 1.165) is 11.3 Å². The number of hydrogen-bond donors (Lipinski definition) is 1. The van der Waals surface area contributed by atoms with Gasteiger partial charge in [-0.25, -0.2) is 4.39 Å². The molecule has 3 aromatic rings. The van der Waals surface area contributed by atoms with Crippen LogP contribution in [-0.2, 0) is 0 Å². The molecule has 0 aromatic heterocycles. The Hall–Kier alpha value is -3.18. The molecule has 0 saturated heterocycles. The third-order valence-corrected chi connectivity index (χ3v) is 5.53. The lowest BCUT2D eigenvalue weighted by Crippen LogP contribution is -2.43. The topological polar surface area (TPSA) is 44.7 Å². The number of likely N-dealkylation sites (N-methyl/N-ethyl adjacent to an activating group) is 1. The van der Waals surface area contributed by atoms with Gasteiger partial charge in [-0.3, -0.25) is 9.79 Å². The Morgan fingerprint density at radius 3 is 2.47 bits per heavy atom. The number of rotatable bonds is 4. The summed E-state index contributed by atoms with van der Waals surface area (Å²) in [7, 11) is 1.97. The van der Waals surface area contributed by atoms with E-state index in [9.17, 15) is 9.18 Å². The minimum Gasteiger partial charge on any atom is -0.367 e. The van der Waals surface area contributed by atoms with Crippen molar-refractivity contribution >= 4 is 28.9 Å². The molecule has 0 radical (unpaired) electrons. The van der Waals surface area contributed by atoms with Crippen LogP contribution >= 0.6 is 11.6 Å². The molecule has 4 nitrogen and oxygen atoms in total. The van der Waals surface area contributed by atoms with E-state index in [1.54, 1.807) is 36.4 Å². The first-order valence-electron chi connectivity index (χ1n) is 9.70.